The summed E-state index contributed by atoms with van der Waals surface area (Å²) in [5.41, 5.74) is 11.5. The van der Waals surface area contributed by atoms with E-state index in [2.05, 4.69) is 98.5 Å². The maximum absolute atomic E-state index is 4.54. The molecule has 0 aliphatic carbocycles. The molecule has 0 fully saturated rings. The molecule has 2 N–H and O–H groups in total. The van der Waals surface area contributed by atoms with Gasteiger partial charge in [0.2, 0.25) is 0 Å². The van der Waals surface area contributed by atoms with Gasteiger partial charge in [-0.25, -0.2) is 0 Å². The van der Waals surface area contributed by atoms with Crippen LogP contribution in [0.25, 0.3) is 0 Å². The van der Waals surface area contributed by atoms with Gasteiger partial charge in [0.25, 0.3) is 0 Å². The number of aromatic nitrogens is 1. The molecule has 0 amide bonds. The van der Waals surface area contributed by atoms with Gasteiger partial charge in [-0.3, -0.25) is 9.88 Å². The van der Waals surface area contributed by atoms with Crippen molar-refractivity contribution in [2.45, 2.75) is 48.1 Å². The zero-order valence-electron chi connectivity index (χ0n) is 21.7. The number of nitrogens with zero attached hydrogens (tertiary/aromatic N) is 2. The van der Waals surface area contributed by atoms with E-state index in [4.69, 9.17) is 0 Å². The largest absolute Gasteiger partial charge is 2.00 e. The van der Waals surface area contributed by atoms with Crippen molar-refractivity contribution in [2.75, 3.05) is 36.8 Å². The minimum Gasteiger partial charge on any atom is -1.00 e. The number of rotatable bonds is 10. The van der Waals surface area contributed by atoms with E-state index in [1.165, 1.54) is 44.8 Å². The van der Waals surface area contributed by atoms with Gasteiger partial charge in [0.05, 0.1) is 5.69 Å². The van der Waals surface area contributed by atoms with Crippen molar-refractivity contribution in [2.24, 2.45) is 0 Å². The molecule has 35 heavy (non-hydrogen) atoms. The van der Waals surface area contributed by atoms with Crippen LogP contribution in [0.5, 0.6) is 0 Å². The molecule has 0 bridgehead atoms. The third kappa shape index (κ3) is 10.0. The normalized spacial score (nSPS) is 10.1. The van der Waals surface area contributed by atoms with Crippen molar-refractivity contribution in [3.8, 4) is 0 Å². The van der Waals surface area contributed by atoms with E-state index in [-0.39, 0.29) is 41.9 Å². The maximum Gasteiger partial charge on any atom is 2.00 e. The topological polar surface area (TPSA) is 40.2 Å². The van der Waals surface area contributed by atoms with E-state index in [0.717, 1.165) is 38.4 Å². The summed E-state index contributed by atoms with van der Waals surface area (Å²) >= 11 is 0. The van der Waals surface area contributed by atoms with Gasteiger partial charge in [0.15, 0.2) is 0 Å². The van der Waals surface area contributed by atoms with E-state index in [1.54, 1.807) is 0 Å². The minimum atomic E-state index is 0. The minimum absolute atomic E-state index is 0. The van der Waals surface area contributed by atoms with Crippen LogP contribution in [0.2, 0.25) is 0 Å². The molecule has 0 aliphatic rings. The van der Waals surface area contributed by atoms with E-state index in [0.29, 0.717) is 0 Å². The first-order valence-corrected chi connectivity index (χ1v) is 11.6. The number of hydrogen-bond acceptors (Lipinski definition) is 4. The van der Waals surface area contributed by atoms with Gasteiger partial charge in [-0.2, -0.15) is 0 Å². The predicted octanol–water partition coefficient (Wildman–Crippen LogP) is -0.0362. The SMILES string of the molecule is Cc1cc(C)c(NCCN(CCNc2c(C)cc(C)cc2C)Cc2ccccn2)c(C)c1.[Cl-].[Cl-].[Mn+2]. The molecule has 1 aromatic heterocycles. The fourth-order valence-electron chi connectivity index (χ4n) is 4.59. The number of halogens is 2. The number of nitrogens with one attached hydrogen (secondary N) is 2. The number of anilines is 2. The predicted molar refractivity (Wildman–Crippen MR) is 138 cm³/mol. The molecule has 191 valence electrons. The van der Waals surface area contributed by atoms with Crippen LogP contribution in [-0.2, 0) is 23.6 Å². The summed E-state index contributed by atoms with van der Waals surface area (Å²) < 4.78 is 0. The third-order valence-corrected chi connectivity index (χ3v) is 5.93. The molecule has 2 aromatic carbocycles. The monoisotopic (exact) mass is 555 g/mol. The van der Waals surface area contributed by atoms with Crippen LogP contribution in [0.3, 0.4) is 0 Å². The molecule has 0 atom stereocenters. The summed E-state index contributed by atoms with van der Waals surface area (Å²) in [7, 11) is 0. The first-order valence-electron chi connectivity index (χ1n) is 11.6. The number of benzene rings is 2. The quantitative estimate of drug-likeness (QED) is 0.345. The Balaban J connectivity index is 0.00000385. The van der Waals surface area contributed by atoms with Crippen molar-refractivity contribution in [3.05, 3.63) is 87.7 Å². The zero-order valence-corrected chi connectivity index (χ0v) is 24.4. The summed E-state index contributed by atoms with van der Waals surface area (Å²) in [6, 6.07) is 15.1. The number of hydrogen-bond donors (Lipinski definition) is 2. The molecule has 4 nitrogen and oxygen atoms in total. The summed E-state index contributed by atoms with van der Waals surface area (Å²) in [6.07, 6.45) is 1.88. The molecule has 1 heterocycles. The van der Waals surface area contributed by atoms with Gasteiger partial charge in [0.1, 0.15) is 0 Å². The van der Waals surface area contributed by atoms with Crippen LogP contribution in [0.4, 0.5) is 11.4 Å². The second kappa shape index (κ2) is 16.1. The van der Waals surface area contributed by atoms with Crippen molar-refractivity contribution < 1.29 is 41.9 Å². The first kappa shape index (κ1) is 33.2. The second-order valence-corrected chi connectivity index (χ2v) is 9.00. The van der Waals surface area contributed by atoms with Crippen LogP contribution in [0.1, 0.15) is 39.1 Å². The summed E-state index contributed by atoms with van der Waals surface area (Å²) in [5.74, 6) is 0. The van der Waals surface area contributed by atoms with Crippen LogP contribution < -0.4 is 35.4 Å². The van der Waals surface area contributed by atoms with E-state index in [1.807, 2.05) is 12.3 Å². The Bertz CT molecular complexity index is 935. The molecule has 0 saturated heterocycles. The van der Waals surface area contributed by atoms with Gasteiger partial charge in [0, 0.05) is 50.3 Å². The second-order valence-electron chi connectivity index (χ2n) is 9.00. The fraction of sp³-hybridized carbons (Fsp3) is 0.393. The van der Waals surface area contributed by atoms with Crippen LogP contribution in [-0.4, -0.2) is 36.1 Å². The molecule has 1 radical (unpaired) electrons. The molecule has 3 rings (SSSR count). The zero-order chi connectivity index (χ0) is 23.1. The first-order chi connectivity index (χ1) is 15.3. The Morgan fingerprint density at radius 2 is 1.11 bits per heavy atom. The number of pyridine rings is 1. The molecule has 0 saturated carbocycles. The van der Waals surface area contributed by atoms with Crippen molar-refractivity contribution in [1.82, 2.24) is 9.88 Å². The van der Waals surface area contributed by atoms with E-state index in [9.17, 15) is 0 Å². The van der Waals surface area contributed by atoms with Crippen molar-refractivity contribution in [3.63, 3.8) is 0 Å². The average molecular weight is 556 g/mol. The Labute approximate surface area is 235 Å². The Hall–Kier alpha value is -1.75. The van der Waals surface area contributed by atoms with Crippen molar-refractivity contribution in [1.29, 1.82) is 0 Å². The molecule has 0 unspecified atom stereocenters. The average Bonchev–Trinajstić information content (AvgIpc) is 2.72. The standard InChI is InChI=1S/C28H38N4.2ClH.Mn/c1-20-15-22(3)27(23(4)16-20)30-11-13-32(19-26-9-7-8-10-29-26)14-12-31-28-24(5)17-21(2)18-25(28)6;;;/h7-10,15-18,30-31H,11-14,19H2,1-6H3;2*1H;/q;;;+2/p-2. The Kier molecular flexibility index (Phi) is 15.3. The van der Waals surface area contributed by atoms with Crippen LogP contribution in [0.15, 0.2) is 48.7 Å². The molecule has 0 spiro atoms. The summed E-state index contributed by atoms with van der Waals surface area (Å²) in [5, 5.41) is 7.35. The van der Waals surface area contributed by atoms with Gasteiger partial charge in [-0.15, -0.1) is 0 Å². The Morgan fingerprint density at radius 1 is 0.686 bits per heavy atom. The molecular weight excluding hydrogens is 518 g/mol. The van der Waals surface area contributed by atoms with Gasteiger partial charge >= 0.3 is 17.1 Å². The molecule has 7 heteroatoms. The maximum atomic E-state index is 4.54. The van der Waals surface area contributed by atoms with Gasteiger partial charge in [-0.05, 0) is 75.9 Å². The molecule has 0 aliphatic heterocycles. The van der Waals surface area contributed by atoms with E-state index < -0.39 is 0 Å². The van der Waals surface area contributed by atoms with Gasteiger partial charge < -0.3 is 35.4 Å². The third-order valence-electron chi connectivity index (χ3n) is 5.93. The molecular formula is C28H38Cl2MnN4. The van der Waals surface area contributed by atoms with Gasteiger partial charge in [-0.1, -0.05) is 41.5 Å². The summed E-state index contributed by atoms with van der Waals surface area (Å²) in [6.45, 7) is 17.6. The Morgan fingerprint density at radius 3 is 1.49 bits per heavy atom. The van der Waals surface area contributed by atoms with Crippen molar-refractivity contribution >= 4 is 11.4 Å². The molecule has 3 aromatic rings. The van der Waals surface area contributed by atoms with Crippen LogP contribution in [0, 0.1) is 41.5 Å². The van der Waals surface area contributed by atoms with E-state index >= 15 is 0 Å². The fourth-order valence-corrected chi connectivity index (χ4v) is 4.59. The summed E-state index contributed by atoms with van der Waals surface area (Å²) in [4.78, 5) is 7.02. The smallest absolute Gasteiger partial charge is 1.00 e. The van der Waals surface area contributed by atoms with Crippen LogP contribution >= 0.6 is 0 Å². The number of aryl methyl sites for hydroxylation is 6.